The fourth-order valence-electron chi connectivity index (χ4n) is 2.75. The van der Waals surface area contributed by atoms with Crippen molar-refractivity contribution >= 4 is 29.9 Å². The van der Waals surface area contributed by atoms with Crippen LogP contribution in [0.5, 0.6) is 5.75 Å². The number of nitrogens with zero attached hydrogens (tertiary/aromatic N) is 2. The molecule has 0 saturated heterocycles. The fraction of sp³-hybridized carbons (Fsp3) is 0.217. The predicted octanol–water partition coefficient (Wildman–Crippen LogP) is 4.19. The topological polar surface area (TPSA) is 58.5 Å². The van der Waals surface area contributed by atoms with Crippen LogP contribution in [-0.2, 0) is 19.6 Å². The Morgan fingerprint density at radius 2 is 1.72 bits per heavy atom. The van der Waals surface area contributed by atoms with Gasteiger partial charge in [0.1, 0.15) is 12.4 Å². The molecule has 5 nitrogen and oxygen atoms in total. The monoisotopic (exact) mass is 502 g/mol. The molecule has 0 bridgehead atoms. The highest BCUT2D eigenvalue weighted by Gasteiger charge is 2.01. The van der Waals surface area contributed by atoms with Crippen molar-refractivity contribution in [2.75, 3.05) is 13.6 Å². The second kappa shape index (κ2) is 12.8. The van der Waals surface area contributed by atoms with Crippen molar-refractivity contribution < 1.29 is 4.74 Å². The maximum absolute atomic E-state index is 5.90. The lowest BCUT2D eigenvalue weighted by molar-refractivity contribution is 0.306. The summed E-state index contributed by atoms with van der Waals surface area (Å²) in [5.74, 6) is 1.63. The molecule has 0 unspecified atom stereocenters. The summed E-state index contributed by atoms with van der Waals surface area (Å²) in [6.45, 7) is 2.01. The number of halogens is 1. The van der Waals surface area contributed by atoms with E-state index in [-0.39, 0.29) is 24.0 Å². The standard InChI is InChI=1S/C23H26N4O.HI/c1-24-23(26-15-13-21-11-5-6-14-25-21)27-17-20-10-7-12-22(16-20)28-18-19-8-3-2-4-9-19;/h2-12,14,16H,13,15,17-18H2,1H3,(H2,24,26,27);1H. The highest BCUT2D eigenvalue weighted by molar-refractivity contribution is 14.0. The van der Waals surface area contributed by atoms with Crippen molar-refractivity contribution in [3.63, 3.8) is 0 Å². The van der Waals surface area contributed by atoms with Crippen LogP contribution in [0.25, 0.3) is 0 Å². The van der Waals surface area contributed by atoms with Crippen LogP contribution in [0.15, 0.2) is 84.0 Å². The van der Waals surface area contributed by atoms with Crippen molar-refractivity contribution in [3.05, 3.63) is 95.8 Å². The molecule has 152 valence electrons. The molecule has 1 aromatic heterocycles. The maximum atomic E-state index is 5.90. The number of aromatic nitrogens is 1. The molecule has 0 saturated carbocycles. The third-order valence-electron chi connectivity index (χ3n) is 4.23. The molecule has 0 aliphatic rings. The van der Waals surface area contributed by atoms with Crippen LogP contribution in [0.1, 0.15) is 16.8 Å². The number of rotatable bonds is 8. The number of ether oxygens (including phenoxy) is 1. The van der Waals surface area contributed by atoms with Gasteiger partial charge in [-0.3, -0.25) is 9.98 Å². The normalized spacial score (nSPS) is 10.7. The Labute approximate surface area is 189 Å². The number of hydrogen-bond acceptors (Lipinski definition) is 3. The summed E-state index contributed by atoms with van der Waals surface area (Å²) < 4.78 is 5.90. The van der Waals surface area contributed by atoms with Gasteiger partial charge in [-0.05, 0) is 35.4 Å². The molecular weight excluding hydrogens is 475 g/mol. The van der Waals surface area contributed by atoms with Crippen LogP contribution < -0.4 is 15.4 Å². The molecule has 0 radical (unpaired) electrons. The number of benzene rings is 2. The fourth-order valence-corrected chi connectivity index (χ4v) is 2.75. The first-order valence-corrected chi connectivity index (χ1v) is 9.43. The number of aliphatic imine (C=N–C) groups is 1. The molecule has 0 aliphatic heterocycles. The van der Waals surface area contributed by atoms with E-state index in [0.717, 1.165) is 41.5 Å². The molecule has 0 fully saturated rings. The van der Waals surface area contributed by atoms with Crippen LogP contribution >= 0.6 is 24.0 Å². The molecule has 0 aliphatic carbocycles. The maximum Gasteiger partial charge on any atom is 0.191 e. The second-order valence-electron chi connectivity index (χ2n) is 6.35. The quantitative estimate of drug-likeness (QED) is 0.276. The summed E-state index contributed by atoms with van der Waals surface area (Å²) in [7, 11) is 1.77. The van der Waals surface area contributed by atoms with Crippen LogP contribution in [0.2, 0.25) is 0 Å². The number of hydrogen-bond donors (Lipinski definition) is 2. The highest BCUT2D eigenvalue weighted by atomic mass is 127. The lowest BCUT2D eigenvalue weighted by Gasteiger charge is -2.13. The Morgan fingerprint density at radius 3 is 2.48 bits per heavy atom. The van der Waals surface area contributed by atoms with Gasteiger partial charge in [0.05, 0.1) is 0 Å². The Kier molecular flexibility index (Phi) is 9.99. The summed E-state index contributed by atoms with van der Waals surface area (Å²) in [6, 6.07) is 24.2. The summed E-state index contributed by atoms with van der Waals surface area (Å²) in [4.78, 5) is 8.61. The van der Waals surface area contributed by atoms with E-state index in [0.29, 0.717) is 13.2 Å². The van der Waals surface area contributed by atoms with Crippen molar-refractivity contribution in [1.29, 1.82) is 0 Å². The smallest absolute Gasteiger partial charge is 0.191 e. The first-order chi connectivity index (χ1) is 13.8. The van der Waals surface area contributed by atoms with E-state index in [1.807, 2.05) is 54.7 Å². The molecule has 3 aromatic rings. The molecule has 1 heterocycles. The van der Waals surface area contributed by atoms with E-state index >= 15 is 0 Å². The lowest BCUT2D eigenvalue weighted by atomic mass is 10.2. The average Bonchev–Trinajstić information content (AvgIpc) is 2.76. The van der Waals surface area contributed by atoms with E-state index in [9.17, 15) is 0 Å². The summed E-state index contributed by atoms with van der Waals surface area (Å²) in [5.41, 5.74) is 3.36. The molecule has 0 amide bonds. The SMILES string of the molecule is CN=C(NCCc1ccccn1)NCc1cccc(OCc2ccccc2)c1.I. The van der Waals surface area contributed by atoms with Crippen LogP contribution in [0.4, 0.5) is 0 Å². The summed E-state index contributed by atoms with van der Waals surface area (Å²) in [6.07, 6.45) is 2.67. The zero-order valence-electron chi connectivity index (χ0n) is 16.5. The molecule has 3 rings (SSSR count). The Bertz CT molecular complexity index is 872. The third kappa shape index (κ3) is 8.11. The van der Waals surface area contributed by atoms with Crippen LogP contribution in [0, 0.1) is 0 Å². The van der Waals surface area contributed by atoms with Crippen molar-refractivity contribution in [2.45, 2.75) is 19.6 Å². The minimum atomic E-state index is 0. The van der Waals surface area contributed by atoms with Gasteiger partial charge in [-0.2, -0.15) is 0 Å². The highest BCUT2D eigenvalue weighted by Crippen LogP contribution is 2.15. The molecule has 2 N–H and O–H groups in total. The minimum Gasteiger partial charge on any atom is -0.489 e. The number of pyridine rings is 1. The van der Waals surface area contributed by atoms with E-state index in [1.165, 1.54) is 0 Å². The van der Waals surface area contributed by atoms with Crippen molar-refractivity contribution in [3.8, 4) is 5.75 Å². The van der Waals surface area contributed by atoms with Gasteiger partial charge in [0.2, 0.25) is 0 Å². The lowest BCUT2D eigenvalue weighted by Crippen LogP contribution is -2.37. The first-order valence-electron chi connectivity index (χ1n) is 9.43. The van der Waals surface area contributed by atoms with Crippen molar-refractivity contribution in [2.24, 2.45) is 4.99 Å². The number of guanidine groups is 1. The van der Waals surface area contributed by atoms with Gasteiger partial charge in [-0.25, -0.2) is 0 Å². The first kappa shape index (κ1) is 22.7. The Hall–Kier alpha value is -2.61. The molecule has 6 heteroatoms. The van der Waals surface area contributed by atoms with Gasteiger partial charge in [-0.1, -0.05) is 48.5 Å². The van der Waals surface area contributed by atoms with Crippen LogP contribution in [-0.4, -0.2) is 24.5 Å². The summed E-state index contributed by atoms with van der Waals surface area (Å²) >= 11 is 0. The predicted molar refractivity (Wildman–Crippen MR) is 129 cm³/mol. The van der Waals surface area contributed by atoms with Gasteiger partial charge in [0, 0.05) is 38.4 Å². The van der Waals surface area contributed by atoms with Gasteiger partial charge in [0.25, 0.3) is 0 Å². The number of nitrogens with one attached hydrogen (secondary N) is 2. The molecule has 2 aromatic carbocycles. The molecule has 29 heavy (non-hydrogen) atoms. The van der Waals surface area contributed by atoms with Gasteiger partial charge < -0.3 is 15.4 Å². The molecule has 0 atom stereocenters. The van der Waals surface area contributed by atoms with Gasteiger partial charge in [0.15, 0.2) is 5.96 Å². The minimum absolute atomic E-state index is 0. The van der Waals surface area contributed by atoms with E-state index < -0.39 is 0 Å². The van der Waals surface area contributed by atoms with E-state index in [1.54, 1.807) is 7.05 Å². The van der Waals surface area contributed by atoms with Gasteiger partial charge in [-0.15, -0.1) is 24.0 Å². The Balaban J connectivity index is 0.00000300. The van der Waals surface area contributed by atoms with E-state index in [2.05, 4.69) is 44.9 Å². The van der Waals surface area contributed by atoms with Gasteiger partial charge >= 0.3 is 0 Å². The molecule has 0 spiro atoms. The van der Waals surface area contributed by atoms with Crippen LogP contribution in [0.3, 0.4) is 0 Å². The second-order valence-corrected chi connectivity index (χ2v) is 6.35. The Morgan fingerprint density at radius 1 is 0.931 bits per heavy atom. The summed E-state index contributed by atoms with van der Waals surface area (Å²) in [5, 5.41) is 6.65. The van der Waals surface area contributed by atoms with Crippen molar-refractivity contribution in [1.82, 2.24) is 15.6 Å². The third-order valence-corrected chi connectivity index (χ3v) is 4.23. The zero-order valence-corrected chi connectivity index (χ0v) is 18.9. The molecular formula is C23H27IN4O. The average molecular weight is 502 g/mol. The zero-order chi connectivity index (χ0) is 19.4. The van der Waals surface area contributed by atoms with E-state index in [4.69, 9.17) is 4.74 Å². The largest absolute Gasteiger partial charge is 0.489 e.